The average Bonchev–Trinajstić information content (AvgIpc) is 2.47. The number of hydrogen-bond donors (Lipinski definition) is 1. The molecule has 20 heavy (non-hydrogen) atoms. The Morgan fingerprint density at radius 3 is 2.80 bits per heavy atom. The number of carbonyl (C=O) groups is 1. The summed E-state index contributed by atoms with van der Waals surface area (Å²) in [6, 6.07) is 8.29. The molecular weight excluding hydrogens is 274 g/mol. The average molecular weight is 295 g/mol. The van der Waals surface area contributed by atoms with E-state index in [0.29, 0.717) is 11.8 Å². The Bertz CT molecular complexity index is 446. The molecule has 2 rings (SSSR count). The Morgan fingerprint density at radius 1 is 1.40 bits per heavy atom. The number of para-hydroxylation sites is 1. The third kappa shape index (κ3) is 4.42. The zero-order valence-electron chi connectivity index (χ0n) is 11.7. The summed E-state index contributed by atoms with van der Waals surface area (Å²) in [6.07, 6.45) is 2.44. The fraction of sp³-hybridized carbons (Fsp3) is 0.533. The molecule has 0 saturated carbocycles. The molecule has 1 aromatic rings. The minimum absolute atomic E-state index is 0.291. The first-order valence-corrected chi connectivity index (χ1v) is 8.03. The van der Waals surface area contributed by atoms with Crippen molar-refractivity contribution in [3.63, 3.8) is 0 Å². The standard InChI is InChI=1S/C15H21NO3S/c1-16(13-6-8-20-9-7-13)10-12-4-2-3-5-14(12)19-11-15(17)18/h2-5,13H,6-11H2,1H3,(H,17,18). The number of carboxylic acids is 1. The second kappa shape index (κ2) is 7.55. The fourth-order valence-electron chi connectivity index (χ4n) is 2.44. The molecule has 0 bridgehead atoms. The van der Waals surface area contributed by atoms with Crippen LogP contribution in [-0.4, -0.2) is 47.2 Å². The molecule has 4 nitrogen and oxygen atoms in total. The van der Waals surface area contributed by atoms with E-state index in [0.717, 1.165) is 12.1 Å². The Morgan fingerprint density at radius 2 is 2.10 bits per heavy atom. The SMILES string of the molecule is CN(Cc1ccccc1OCC(=O)O)C1CCSCC1. The van der Waals surface area contributed by atoms with Crippen LogP contribution in [0.1, 0.15) is 18.4 Å². The van der Waals surface area contributed by atoms with Gasteiger partial charge in [-0.3, -0.25) is 4.90 Å². The van der Waals surface area contributed by atoms with Crippen molar-refractivity contribution in [3.05, 3.63) is 29.8 Å². The Balaban J connectivity index is 1.98. The van der Waals surface area contributed by atoms with Gasteiger partial charge in [0.2, 0.25) is 0 Å². The van der Waals surface area contributed by atoms with Gasteiger partial charge in [0, 0.05) is 18.2 Å². The molecular formula is C15H21NO3S. The number of nitrogens with zero attached hydrogens (tertiary/aromatic N) is 1. The largest absolute Gasteiger partial charge is 0.482 e. The number of carboxylic acid groups (broad SMARTS) is 1. The smallest absolute Gasteiger partial charge is 0.341 e. The summed E-state index contributed by atoms with van der Waals surface area (Å²) in [7, 11) is 2.13. The van der Waals surface area contributed by atoms with E-state index in [1.54, 1.807) is 0 Å². The van der Waals surface area contributed by atoms with Crippen LogP contribution in [0, 0.1) is 0 Å². The molecule has 1 fully saturated rings. The van der Waals surface area contributed by atoms with Gasteiger partial charge in [0.25, 0.3) is 0 Å². The van der Waals surface area contributed by atoms with Crippen LogP contribution in [0.25, 0.3) is 0 Å². The van der Waals surface area contributed by atoms with Crippen molar-refractivity contribution in [3.8, 4) is 5.75 Å². The molecule has 0 amide bonds. The Hall–Kier alpha value is -1.20. The van der Waals surface area contributed by atoms with Gasteiger partial charge in [0.05, 0.1) is 0 Å². The van der Waals surface area contributed by atoms with Gasteiger partial charge in [-0.1, -0.05) is 18.2 Å². The van der Waals surface area contributed by atoms with E-state index in [2.05, 4.69) is 11.9 Å². The molecule has 1 saturated heterocycles. The third-order valence-corrected chi connectivity index (χ3v) is 4.61. The van der Waals surface area contributed by atoms with Crippen LogP contribution >= 0.6 is 11.8 Å². The van der Waals surface area contributed by atoms with Gasteiger partial charge in [-0.25, -0.2) is 4.79 Å². The highest BCUT2D eigenvalue weighted by Gasteiger charge is 2.19. The maximum Gasteiger partial charge on any atom is 0.341 e. The summed E-state index contributed by atoms with van der Waals surface area (Å²) in [5.74, 6) is 2.18. The maximum absolute atomic E-state index is 10.6. The third-order valence-electron chi connectivity index (χ3n) is 3.56. The number of hydrogen-bond acceptors (Lipinski definition) is 4. The molecule has 0 aliphatic carbocycles. The van der Waals surface area contributed by atoms with E-state index >= 15 is 0 Å². The molecule has 1 aliphatic rings. The second-order valence-corrected chi connectivity index (χ2v) is 6.27. The van der Waals surface area contributed by atoms with Crippen LogP contribution in [0.3, 0.4) is 0 Å². The quantitative estimate of drug-likeness (QED) is 0.873. The predicted octanol–water partition coefficient (Wildman–Crippen LogP) is 2.48. The summed E-state index contributed by atoms with van der Waals surface area (Å²) in [5, 5.41) is 8.71. The molecule has 0 spiro atoms. The molecule has 0 radical (unpaired) electrons. The summed E-state index contributed by atoms with van der Waals surface area (Å²) in [6.45, 7) is 0.506. The molecule has 1 N–H and O–H groups in total. The normalized spacial score (nSPS) is 16.3. The monoisotopic (exact) mass is 295 g/mol. The van der Waals surface area contributed by atoms with Crippen molar-refractivity contribution in [2.75, 3.05) is 25.2 Å². The zero-order valence-corrected chi connectivity index (χ0v) is 12.6. The van der Waals surface area contributed by atoms with Gasteiger partial charge in [-0.05, 0) is 37.5 Å². The van der Waals surface area contributed by atoms with E-state index in [1.165, 1.54) is 24.3 Å². The van der Waals surface area contributed by atoms with Crippen LogP contribution < -0.4 is 4.74 Å². The number of benzene rings is 1. The molecule has 0 atom stereocenters. The first-order chi connectivity index (χ1) is 9.66. The van der Waals surface area contributed by atoms with E-state index in [-0.39, 0.29) is 6.61 Å². The van der Waals surface area contributed by atoms with Gasteiger partial charge < -0.3 is 9.84 Å². The lowest BCUT2D eigenvalue weighted by atomic mass is 10.1. The van der Waals surface area contributed by atoms with Gasteiger partial charge in [-0.15, -0.1) is 0 Å². The molecule has 1 aromatic carbocycles. The molecule has 0 unspecified atom stereocenters. The minimum atomic E-state index is -0.947. The van der Waals surface area contributed by atoms with Crippen LogP contribution in [0.15, 0.2) is 24.3 Å². The van der Waals surface area contributed by atoms with Crippen LogP contribution in [-0.2, 0) is 11.3 Å². The highest BCUT2D eigenvalue weighted by atomic mass is 32.2. The van der Waals surface area contributed by atoms with E-state index < -0.39 is 5.97 Å². The molecule has 110 valence electrons. The van der Waals surface area contributed by atoms with Gasteiger partial charge in [0.1, 0.15) is 5.75 Å². The van der Waals surface area contributed by atoms with Crippen molar-refractivity contribution in [2.24, 2.45) is 0 Å². The highest BCUT2D eigenvalue weighted by molar-refractivity contribution is 7.99. The van der Waals surface area contributed by atoms with Crippen molar-refractivity contribution in [1.29, 1.82) is 0 Å². The summed E-state index contributed by atoms with van der Waals surface area (Å²) in [4.78, 5) is 13.0. The Kier molecular flexibility index (Phi) is 5.73. The van der Waals surface area contributed by atoms with Crippen molar-refractivity contribution < 1.29 is 14.6 Å². The van der Waals surface area contributed by atoms with Crippen LogP contribution in [0.2, 0.25) is 0 Å². The van der Waals surface area contributed by atoms with Gasteiger partial charge >= 0.3 is 5.97 Å². The van der Waals surface area contributed by atoms with E-state index in [1.807, 2.05) is 36.0 Å². The first kappa shape index (κ1) is 15.2. The lowest BCUT2D eigenvalue weighted by molar-refractivity contribution is -0.139. The minimum Gasteiger partial charge on any atom is -0.482 e. The summed E-state index contributed by atoms with van der Waals surface area (Å²) in [5.41, 5.74) is 1.05. The number of aliphatic carboxylic acids is 1. The lowest BCUT2D eigenvalue weighted by Crippen LogP contribution is -2.34. The molecule has 1 aliphatic heterocycles. The number of ether oxygens (including phenoxy) is 1. The van der Waals surface area contributed by atoms with Crippen molar-refractivity contribution >= 4 is 17.7 Å². The fourth-order valence-corrected chi connectivity index (χ4v) is 3.52. The number of thioether (sulfide) groups is 1. The first-order valence-electron chi connectivity index (χ1n) is 6.87. The van der Waals surface area contributed by atoms with Gasteiger partial charge in [-0.2, -0.15) is 11.8 Å². The number of rotatable bonds is 6. The van der Waals surface area contributed by atoms with Crippen LogP contribution in [0.5, 0.6) is 5.75 Å². The second-order valence-electron chi connectivity index (χ2n) is 5.05. The van der Waals surface area contributed by atoms with E-state index in [4.69, 9.17) is 9.84 Å². The lowest BCUT2D eigenvalue weighted by Gasteiger charge is -2.31. The molecule has 5 heteroatoms. The summed E-state index contributed by atoms with van der Waals surface area (Å²) >= 11 is 2.02. The Labute approximate surface area is 124 Å². The topological polar surface area (TPSA) is 49.8 Å². The molecule has 0 aromatic heterocycles. The summed E-state index contributed by atoms with van der Waals surface area (Å²) < 4.78 is 5.36. The van der Waals surface area contributed by atoms with Crippen molar-refractivity contribution in [2.45, 2.75) is 25.4 Å². The highest BCUT2D eigenvalue weighted by Crippen LogP contribution is 2.25. The maximum atomic E-state index is 10.6. The van der Waals surface area contributed by atoms with Gasteiger partial charge in [0.15, 0.2) is 6.61 Å². The zero-order chi connectivity index (χ0) is 14.4. The van der Waals surface area contributed by atoms with Crippen molar-refractivity contribution in [1.82, 2.24) is 4.90 Å². The molecule has 1 heterocycles. The predicted molar refractivity (Wildman–Crippen MR) is 81.4 cm³/mol. The van der Waals surface area contributed by atoms with Crippen LogP contribution in [0.4, 0.5) is 0 Å². The van der Waals surface area contributed by atoms with E-state index in [9.17, 15) is 4.79 Å².